The Kier molecular flexibility index (Phi) is 7.44. The van der Waals surface area contributed by atoms with E-state index in [-0.39, 0.29) is 11.5 Å². The van der Waals surface area contributed by atoms with E-state index in [0.29, 0.717) is 39.0 Å². The van der Waals surface area contributed by atoms with Crippen LogP contribution in [0.3, 0.4) is 0 Å². The Morgan fingerprint density at radius 1 is 1.00 bits per heavy atom. The minimum absolute atomic E-state index is 0.319. The molecule has 3 rings (SSSR count). The van der Waals surface area contributed by atoms with Crippen LogP contribution in [0.4, 0.5) is 9.59 Å². The van der Waals surface area contributed by atoms with E-state index in [1.54, 1.807) is 0 Å². The van der Waals surface area contributed by atoms with Gasteiger partial charge in [-0.1, -0.05) is 60.7 Å². The summed E-state index contributed by atoms with van der Waals surface area (Å²) in [4.78, 5) is 28.0. The minimum Gasteiger partial charge on any atom is -0.465 e. The summed E-state index contributed by atoms with van der Waals surface area (Å²) in [6.07, 6.45) is 0.831. The highest BCUT2D eigenvalue weighted by atomic mass is 16.6. The van der Waals surface area contributed by atoms with Gasteiger partial charge in [-0.2, -0.15) is 0 Å². The van der Waals surface area contributed by atoms with Crippen molar-refractivity contribution in [2.45, 2.75) is 51.0 Å². The van der Waals surface area contributed by atoms with Crippen LogP contribution in [0.5, 0.6) is 0 Å². The van der Waals surface area contributed by atoms with Crippen molar-refractivity contribution >= 4 is 12.2 Å². The van der Waals surface area contributed by atoms with E-state index in [4.69, 9.17) is 4.74 Å². The molecule has 172 valence electrons. The molecule has 0 aliphatic carbocycles. The molecule has 1 fully saturated rings. The van der Waals surface area contributed by atoms with Crippen molar-refractivity contribution in [1.29, 1.82) is 0 Å². The van der Waals surface area contributed by atoms with E-state index in [9.17, 15) is 14.7 Å². The number of carboxylic acid groups (broad SMARTS) is 1. The second kappa shape index (κ2) is 10.1. The number of carbonyl (C=O) groups is 2. The van der Waals surface area contributed by atoms with Crippen molar-refractivity contribution in [3.8, 4) is 0 Å². The smallest absolute Gasteiger partial charge is 0.410 e. The van der Waals surface area contributed by atoms with Crippen LogP contribution in [0.1, 0.15) is 44.7 Å². The lowest BCUT2D eigenvalue weighted by atomic mass is 9.72. The average Bonchev–Trinajstić information content (AvgIpc) is 2.77. The summed E-state index contributed by atoms with van der Waals surface area (Å²) in [7, 11) is 0. The van der Waals surface area contributed by atoms with Gasteiger partial charge in [0.25, 0.3) is 0 Å². The lowest BCUT2D eigenvalue weighted by Crippen LogP contribution is -2.52. The monoisotopic (exact) mass is 438 g/mol. The molecule has 2 amide bonds. The van der Waals surface area contributed by atoms with E-state index < -0.39 is 11.7 Å². The van der Waals surface area contributed by atoms with Crippen LogP contribution in [0.25, 0.3) is 0 Å². The van der Waals surface area contributed by atoms with Gasteiger partial charge in [-0.15, -0.1) is 0 Å². The molecule has 1 aliphatic rings. The molecular weight excluding hydrogens is 404 g/mol. The van der Waals surface area contributed by atoms with E-state index >= 15 is 0 Å². The fourth-order valence-corrected chi connectivity index (χ4v) is 4.29. The van der Waals surface area contributed by atoms with E-state index in [2.05, 4.69) is 24.3 Å². The minimum atomic E-state index is -0.889. The Hall–Kier alpha value is -3.02. The first-order chi connectivity index (χ1) is 15.2. The zero-order chi connectivity index (χ0) is 23.2. The molecule has 1 heterocycles. The first-order valence-corrected chi connectivity index (χ1v) is 11.2. The second-order valence-electron chi connectivity index (χ2n) is 9.55. The number of amides is 2. The summed E-state index contributed by atoms with van der Waals surface area (Å²) >= 11 is 0. The van der Waals surface area contributed by atoms with Crippen molar-refractivity contribution in [1.82, 2.24) is 9.80 Å². The van der Waals surface area contributed by atoms with Crippen LogP contribution < -0.4 is 0 Å². The molecule has 1 aliphatic heterocycles. The van der Waals surface area contributed by atoms with Crippen LogP contribution in [-0.4, -0.2) is 58.9 Å². The number of ether oxygens (including phenoxy) is 1. The maximum Gasteiger partial charge on any atom is 0.410 e. The molecule has 1 saturated heterocycles. The quantitative estimate of drug-likeness (QED) is 0.675. The molecule has 0 atom stereocenters. The molecule has 6 nitrogen and oxygen atoms in total. The third kappa shape index (κ3) is 6.25. The topological polar surface area (TPSA) is 70.1 Å². The van der Waals surface area contributed by atoms with Gasteiger partial charge < -0.3 is 19.6 Å². The zero-order valence-electron chi connectivity index (χ0n) is 19.3. The third-order valence-electron chi connectivity index (χ3n) is 6.04. The normalized spacial score (nSPS) is 15.8. The fraction of sp³-hybridized carbons (Fsp3) is 0.462. The van der Waals surface area contributed by atoms with Gasteiger partial charge in [0.2, 0.25) is 0 Å². The lowest BCUT2D eigenvalue weighted by Gasteiger charge is -2.44. The molecule has 0 unspecified atom stereocenters. The van der Waals surface area contributed by atoms with Crippen molar-refractivity contribution < 1.29 is 19.4 Å². The third-order valence-corrected chi connectivity index (χ3v) is 6.04. The molecule has 2 aromatic carbocycles. The van der Waals surface area contributed by atoms with E-state index in [1.165, 1.54) is 4.90 Å². The number of nitrogens with zero attached hydrogens (tertiary/aromatic N) is 2. The number of hydrogen-bond donors (Lipinski definition) is 1. The maximum absolute atomic E-state index is 13.2. The first-order valence-electron chi connectivity index (χ1n) is 11.2. The Balaban J connectivity index is 1.86. The molecule has 0 bridgehead atoms. The van der Waals surface area contributed by atoms with Gasteiger partial charge in [-0.3, -0.25) is 0 Å². The van der Waals surface area contributed by atoms with Gasteiger partial charge in [-0.25, -0.2) is 9.59 Å². The Morgan fingerprint density at radius 3 is 2.09 bits per heavy atom. The zero-order valence-corrected chi connectivity index (χ0v) is 19.3. The van der Waals surface area contributed by atoms with Crippen LogP contribution in [-0.2, 0) is 16.6 Å². The van der Waals surface area contributed by atoms with Crippen LogP contribution in [0.2, 0.25) is 0 Å². The number of benzene rings is 2. The fourth-order valence-electron chi connectivity index (χ4n) is 4.29. The standard InChI is InChI=1S/C26H34N2O4/c1-25(2,3)32-24(31)28(17-14-21-10-6-4-7-11-21)20-26(22-12-8-5-9-13-22)15-18-27(19-16-26)23(29)30/h4-13H,14-20H2,1-3H3,(H,29,30). The molecule has 32 heavy (non-hydrogen) atoms. The summed E-state index contributed by atoms with van der Waals surface area (Å²) in [5, 5.41) is 9.43. The van der Waals surface area contributed by atoms with Gasteiger partial charge >= 0.3 is 12.2 Å². The van der Waals surface area contributed by atoms with Gasteiger partial charge in [0.05, 0.1) is 0 Å². The number of piperidine rings is 1. The number of likely N-dealkylation sites (tertiary alicyclic amines) is 1. The summed E-state index contributed by atoms with van der Waals surface area (Å²) in [5.41, 5.74) is 1.39. The number of carbonyl (C=O) groups excluding carboxylic acids is 1. The first kappa shape index (κ1) is 23.6. The summed E-state index contributed by atoms with van der Waals surface area (Å²) in [5.74, 6) is 0. The van der Waals surface area contributed by atoms with Crippen LogP contribution in [0.15, 0.2) is 60.7 Å². The molecule has 0 saturated carbocycles. The Labute approximate surface area is 190 Å². The van der Waals surface area contributed by atoms with Crippen molar-refractivity contribution in [2.75, 3.05) is 26.2 Å². The summed E-state index contributed by atoms with van der Waals surface area (Å²) < 4.78 is 5.75. The Morgan fingerprint density at radius 2 is 1.56 bits per heavy atom. The maximum atomic E-state index is 13.2. The number of hydrogen-bond acceptors (Lipinski definition) is 3. The largest absolute Gasteiger partial charge is 0.465 e. The highest BCUT2D eigenvalue weighted by Crippen LogP contribution is 2.37. The summed E-state index contributed by atoms with van der Waals surface area (Å²) in [6, 6.07) is 20.3. The molecule has 0 radical (unpaired) electrons. The highest BCUT2D eigenvalue weighted by Gasteiger charge is 2.40. The van der Waals surface area contributed by atoms with E-state index in [1.807, 2.05) is 62.1 Å². The van der Waals surface area contributed by atoms with Crippen molar-refractivity contribution in [3.05, 3.63) is 71.8 Å². The van der Waals surface area contributed by atoms with Gasteiger partial charge in [0.1, 0.15) is 5.60 Å². The summed E-state index contributed by atoms with van der Waals surface area (Å²) in [6.45, 7) is 7.55. The second-order valence-corrected chi connectivity index (χ2v) is 9.55. The molecular formula is C26H34N2O4. The lowest BCUT2D eigenvalue weighted by molar-refractivity contribution is 0.0165. The molecule has 0 aromatic heterocycles. The van der Waals surface area contributed by atoms with Gasteiger partial charge in [-0.05, 0) is 51.2 Å². The van der Waals surface area contributed by atoms with Crippen molar-refractivity contribution in [2.24, 2.45) is 0 Å². The highest BCUT2D eigenvalue weighted by molar-refractivity contribution is 5.68. The molecule has 2 aromatic rings. The van der Waals surface area contributed by atoms with E-state index in [0.717, 1.165) is 17.5 Å². The van der Waals surface area contributed by atoms with Gasteiger partial charge in [0, 0.05) is 31.6 Å². The SMILES string of the molecule is CC(C)(C)OC(=O)N(CCc1ccccc1)CC1(c2ccccc2)CCN(C(=O)O)CC1. The predicted molar refractivity (Wildman–Crippen MR) is 125 cm³/mol. The average molecular weight is 439 g/mol. The number of rotatable bonds is 6. The molecule has 0 spiro atoms. The molecule has 6 heteroatoms. The molecule has 1 N–H and O–H groups in total. The van der Waals surface area contributed by atoms with Crippen LogP contribution >= 0.6 is 0 Å². The van der Waals surface area contributed by atoms with Crippen molar-refractivity contribution in [3.63, 3.8) is 0 Å². The van der Waals surface area contributed by atoms with Gasteiger partial charge in [0.15, 0.2) is 0 Å². The van der Waals surface area contributed by atoms with Crippen LogP contribution in [0, 0.1) is 0 Å². The predicted octanol–water partition coefficient (Wildman–Crippen LogP) is 5.18. The Bertz CT molecular complexity index is 885.